The van der Waals surface area contributed by atoms with Crippen molar-refractivity contribution in [1.29, 1.82) is 0 Å². The second-order valence-corrected chi connectivity index (χ2v) is 4.06. The number of halogens is 4. The summed E-state index contributed by atoms with van der Waals surface area (Å²) in [6.45, 7) is -0.548. The van der Waals surface area contributed by atoms with Crippen LogP contribution in [0.5, 0.6) is 0 Å². The summed E-state index contributed by atoms with van der Waals surface area (Å²) in [6.07, 6.45) is -5.57. The van der Waals surface area contributed by atoms with Crippen LogP contribution in [0.3, 0.4) is 0 Å². The third-order valence-electron chi connectivity index (χ3n) is 2.51. The summed E-state index contributed by atoms with van der Waals surface area (Å²) in [7, 11) is 0. The lowest BCUT2D eigenvalue weighted by molar-refractivity contribution is -0.173. The van der Waals surface area contributed by atoms with Crippen molar-refractivity contribution >= 4 is 11.9 Å². The fourth-order valence-corrected chi connectivity index (χ4v) is 1.60. The molecular weight excluding hydrogens is 282 g/mol. The zero-order chi connectivity index (χ0) is 15.3. The lowest BCUT2D eigenvalue weighted by Gasteiger charge is -2.17. The molecule has 0 saturated carbocycles. The fraction of sp³-hybridized carbons (Fsp3) is 0.333. The number of rotatable bonds is 5. The maximum absolute atomic E-state index is 13.0. The monoisotopic (exact) mass is 293 g/mol. The highest BCUT2D eigenvalue weighted by Crippen LogP contribution is 2.21. The van der Waals surface area contributed by atoms with Crippen LogP contribution in [0, 0.1) is 5.82 Å². The normalized spacial score (nSPS) is 12.8. The molecule has 0 bridgehead atoms. The van der Waals surface area contributed by atoms with Gasteiger partial charge in [-0.05, 0) is 17.7 Å². The van der Waals surface area contributed by atoms with E-state index in [1.807, 2.05) is 0 Å². The molecular formula is C12H11F4NO3. The van der Waals surface area contributed by atoms with Crippen molar-refractivity contribution in [2.75, 3.05) is 6.54 Å². The molecule has 1 aromatic carbocycles. The molecule has 0 saturated heterocycles. The zero-order valence-electron chi connectivity index (χ0n) is 10.1. The SMILES string of the molecule is O=C(O)CC(CNC(=O)C(F)(F)F)c1cccc(F)c1. The summed E-state index contributed by atoms with van der Waals surface area (Å²) in [5.74, 6) is -5.01. The summed E-state index contributed by atoms with van der Waals surface area (Å²) >= 11 is 0. The Morgan fingerprint density at radius 3 is 2.45 bits per heavy atom. The Labute approximate surface area is 111 Å². The Morgan fingerprint density at radius 1 is 1.30 bits per heavy atom. The van der Waals surface area contributed by atoms with Crippen LogP contribution in [0.25, 0.3) is 0 Å². The number of hydrogen-bond acceptors (Lipinski definition) is 2. The van der Waals surface area contributed by atoms with E-state index in [0.717, 1.165) is 12.1 Å². The van der Waals surface area contributed by atoms with E-state index in [2.05, 4.69) is 0 Å². The Bertz CT molecular complexity index is 502. The predicted molar refractivity (Wildman–Crippen MR) is 60.5 cm³/mol. The maximum atomic E-state index is 13.0. The van der Waals surface area contributed by atoms with Gasteiger partial charge in [0.1, 0.15) is 5.82 Å². The standard InChI is InChI=1S/C12H11F4NO3/c13-9-3-1-2-7(4-9)8(5-10(18)19)6-17-11(20)12(14,15)16/h1-4,8H,5-6H2,(H,17,20)(H,18,19). The topological polar surface area (TPSA) is 66.4 Å². The number of carboxylic acid groups (broad SMARTS) is 1. The van der Waals surface area contributed by atoms with E-state index in [4.69, 9.17) is 5.11 Å². The lowest BCUT2D eigenvalue weighted by atomic mass is 9.95. The van der Waals surface area contributed by atoms with Crippen LogP contribution < -0.4 is 5.32 Å². The number of hydrogen-bond donors (Lipinski definition) is 2. The summed E-state index contributed by atoms with van der Waals surface area (Å²) in [5.41, 5.74) is 0.204. The summed E-state index contributed by atoms with van der Waals surface area (Å²) in [4.78, 5) is 21.4. The molecule has 1 unspecified atom stereocenters. The van der Waals surface area contributed by atoms with Crippen LogP contribution in [0.4, 0.5) is 17.6 Å². The molecule has 110 valence electrons. The van der Waals surface area contributed by atoms with Gasteiger partial charge in [-0.2, -0.15) is 13.2 Å². The van der Waals surface area contributed by atoms with Crippen molar-refractivity contribution in [3.05, 3.63) is 35.6 Å². The van der Waals surface area contributed by atoms with Gasteiger partial charge in [-0.3, -0.25) is 9.59 Å². The van der Waals surface area contributed by atoms with Crippen LogP contribution in [-0.2, 0) is 9.59 Å². The van der Waals surface area contributed by atoms with E-state index in [-0.39, 0.29) is 5.56 Å². The molecule has 0 radical (unpaired) electrons. The van der Waals surface area contributed by atoms with Crippen LogP contribution in [0.15, 0.2) is 24.3 Å². The molecule has 1 amide bonds. The van der Waals surface area contributed by atoms with Crippen molar-refractivity contribution in [2.45, 2.75) is 18.5 Å². The van der Waals surface area contributed by atoms with E-state index in [1.54, 1.807) is 5.32 Å². The fourth-order valence-electron chi connectivity index (χ4n) is 1.60. The minimum atomic E-state index is -5.05. The van der Waals surface area contributed by atoms with Gasteiger partial charge in [-0.15, -0.1) is 0 Å². The number of carboxylic acids is 1. The second kappa shape index (κ2) is 6.36. The summed E-state index contributed by atoms with van der Waals surface area (Å²) < 4.78 is 49.2. The highest BCUT2D eigenvalue weighted by molar-refractivity contribution is 5.81. The minimum Gasteiger partial charge on any atom is -0.481 e. The number of alkyl halides is 3. The second-order valence-electron chi connectivity index (χ2n) is 4.06. The highest BCUT2D eigenvalue weighted by atomic mass is 19.4. The summed E-state index contributed by atoms with van der Waals surface area (Å²) in [5, 5.41) is 10.3. The smallest absolute Gasteiger partial charge is 0.471 e. The Balaban J connectivity index is 2.80. The number of carbonyl (C=O) groups is 2. The van der Waals surface area contributed by atoms with Crippen molar-refractivity contribution in [1.82, 2.24) is 5.32 Å². The largest absolute Gasteiger partial charge is 0.481 e. The van der Waals surface area contributed by atoms with Crippen molar-refractivity contribution < 1.29 is 32.3 Å². The molecule has 4 nitrogen and oxygen atoms in total. The average molecular weight is 293 g/mol. The van der Waals surface area contributed by atoms with Crippen LogP contribution in [-0.4, -0.2) is 29.7 Å². The molecule has 0 aromatic heterocycles. The molecule has 0 heterocycles. The third kappa shape index (κ3) is 4.87. The van der Waals surface area contributed by atoms with Gasteiger partial charge in [0, 0.05) is 12.5 Å². The zero-order valence-corrected chi connectivity index (χ0v) is 10.1. The first-order valence-corrected chi connectivity index (χ1v) is 5.52. The van der Waals surface area contributed by atoms with Crippen molar-refractivity contribution in [3.8, 4) is 0 Å². The van der Waals surface area contributed by atoms with Gasteiger partial charge >= 0.3 is 18.1 Å². The Kier molecular flexibility index (Phi) is 5.06. The minimum absolute atomic E-state index is 0.204. The van der Waals surface area contributed by atoms with Gasteiger partial charge in [-0.1, -0.05) is 12.1 Å². The number of carbonyl (C=O) groups excluding carboxylic acids is 1. The molecule has 0 spiro atoms. The van der Waals surface area contributed by atoms with Crippen LogP contribution in [0.1, 0.15) is 17.9 Å². The van der Waals surface area contributed by atoms with E-state index in [9.17, 15) is 27.2 Å². The van der Waals surface area contributed by atoms with Gasteiger partial charge in [0.2, 0.25) is 0 Å². The van der Waals surface area contributed by atoms with Crippen LogP contribution in [0.2, 0.25) is 0 Å². The lowest BCUT2D eigenvalue weighted by Crippen LogP contribution is -2.39. The molecule has 8 heteroatoms. The van der Waals surface area contributed by atoms with Gasteiger partial charge in [-0.25, -0.2) is 4.39 Å². The molecule has 0 aliphatic carbocycles. The average Bonchev–Trinajstić information content (AvgIpc) is 2.32. The van der Waals surface area contributed by atoms with Gasteiger partial charge in [0.15, 0.2) is 0 Å². The van der Waals surface area contributed by atoms with Crippen molar-refractivity contribution in [3.63, 3.8) is 0 Å². The van der Waals surface area contributed by atoms with E-state index in [1.165, 1.54) is 12.1 Å². The van der Waals surface area contributed by atoms with E-state index >= 15 is 0 Å². The Morgan fingerprint density at radius 2 is 1.95 bits per heavy atom. The molecule has 0 aliphatic heterocycles. The Hall–Kier alpha value is -2.12. The number of nitrogens with one attached hydrogen (secondary N) is 1. The summed E-state index contributed by atoms with van der Waals surface area (Å²) in [6, 6.07) is 4.84. The first-order valence-electron chi connectivity index (χ1n) is 5.52. The number of amides is 1. The molecule has 1 aromatic rings. The molecule has 2 N–H and O–H groups in total. The third-order valence-corrected chi connectivity index (χ3v) is 2.51. The predicted octanol–water partition coefficient (Wildman–Crippen LogP) is 2.06. The number of benzene rings is 1. The first kappa shape index (κ1) is 15.9. The van der Waals surface area contributed by atoms with Gasteiger partial charge < -0.3 is 10.4 Å². The molecule has 1 rings (SSSR count). The van der Waals surface area contributed by atoms with Crippen LogP contribution >= 0.6 is 0 Å². The first-order chi connectivity index (χ1) is 9.20. The van der Waals surface area contributed by atoms with Gasteiger partial charge in [0.25, 0.3) is 0 Å². The number of aliphatic carboxylic acids is 1. The van der Waals surface area contributed by atoms with Crippen molar-refractivity contribution in [2.24, 2.45) is 0 Å². The molecule has 0 fully saturated rings. The van der Waals surface area contributed by atoms with E-state index in [0.29, 0.717) is 0 Å². The van der Waals surface area contributed by atoms with Gasteiger partial charge in [0.05, 0.1) is 6.42 Å². The maximum Gasteiger partial charge on any atom is 0.471 e. The molecule has 1 atom stereocenters. The highest BCUT2D eigenvalue weighted by Gasteiger charge is 2.38. The quantitative estimate of drug-likeness (QED) is 0.817. The van der Waals surface area contributed by atoms with E-state index < -0.39 is 42.8 Å². The molecule has 20 heavy (non-hydrogen) atoms. The molecule has 0 aliphatic rings.